The maximum atomic E-state index is 13.1. The summed E-state index contributed by atoms with van der Waals surface area (Å²) in [5, 5.41) is 2.82. The zero-order chi connectivity index (χ0) is 22.9. The van der Waals surface area contributed by atoms with Gasteiger partial charge in [0.15, 0.2) is 0 Å². The van der Waals surface area contributed by atoms with Gasteiger partial charge >= 0.3 is 0 Å². The quantitative estimate of drug-likeness (QED) is 0.646. The van der Waals surface area contributed by atoms with Crippen LogP contribution >= 0.6 is 11.3 Å². The first-order valence-corrected chi connectivity index (χ1v) is 13.8. The Morgan fingerprint density at radius 3 is 2.22 bits per heavy atom. The van der Waals surface area contributed by atoms with E-state index in [2.05, 4.69) is 25.8 Å². The van der Waals surface area contributed by atoms with Gasteiger partial charge in [-0.2, -0.15) is 4.31 Å². The highest BCUT2D eigenvalue weighted by Gasteiger charge is 2.32. The second-order valence-corrected chi connectivity index (χ2v) is 12.7. The molecule has 1 amide bonds. The Kier molecular flexibility index (Phi) is 6.75. The van der Waals surface area contributed by atoms with Crippen LogP contribution in [0.5, 0.6) is 0 Å². The number of benzene rings is 1. The van der Waals surface area contributed by atoms with Gasteiger partial charge in [0.25, 0.3) is 5.91 Å². The van der Waals surface area contributed by atoms with Gasteiger partial charge in [-0.15, -0.1) is 11.3 Å². The molecule has 2 aliphatic rings. The molecule has 0 saturated carbocycles. The van der Waals surface area contributed by atoms with Crippen LogP contribution in [0.25, 0.3) is 0 Å². The molecule has 174 valence electrons. The van der Waals surface area contributed by atoms with Gasteiger partial charge in [0.1, 0.15) is 5.69 Å². The number of carbonyl (C=O) groups excluding carboxylic acids is 1. The third-order valence-electron chi connectivity index (χ3n) is 6.55. The minimum Gasteiger partial charge on any atom is -0.337 e. The molecule has 2 aromatic rings. The molecule has 0 N–H and O–H groups in total. The molecule has 1 aromatic carbocycles. The van der Waals surface area contributed by atoms with Crippen molar-refractivity contribution in [1.29, 1.82) is 0 Å². The third-order valence-corrected chi connectivity index (χ3v) is 9.47. The smallest absolute Gasteiger partial charge is 0.273 e. The van der Waals surface area contributed by atoms with E-state index in [9.17, 15) is 13.2 Å². The first-order valence-electron chi connectivity index (χ1n) is 11.5. The van der Waals surface area contributed by atoms with Gasteiger partial charge in [0.05, 0.1) is 9.90 Å². The number of amides is 1. The number of hydrogen-bond acceptors (Lipinski definition) is 5. The molecule has 0 bridgehead atoms. The van der Waals surface area contributed by atoms with Gasteiger partial charge in [-0.25, -0.2) is 13.4 Å². The highest BCUT2D eigenvalue weighted by molar-refractivity contribution is 7.89. The molecule has 2 fully saturated rings. The molecule has 2 saturated heterocycles. The van der Waals surface area contributed by atoms with Crippen LogP contribution in [0.2, 0.25) is 0 Å². The molecule has 0 unspecified atom stereocenters. The van der Waals surface area contributed by atoms with Crippen LogP contribution in [0.3, 0.4) is 0 Å². The Morgan fingerprint density at radius 1 is 1.00 bits per heavy atom. The standard InChI is InChI=1S/C24H33N3O3S2/c1-24(2,3)19-7-9-20(10-8-19)32(29,30)27-15-11-18(12-16-27)22-25-21(17-31-22)23(28)26-13-5-4-6-14-26/h7-10,17-18H,4-6,11-16H2,1-3H3. The molecule has 6 nitrogen and oxygen atoms in total. The molecule has 4 rings (SSSR count). The lowest BCUT2D eigenvalue weighted by Crippen LogP contribution is -2.38. The Morgan fingerprint density at radius 2 is 1.62 bits per heavy atom. The van der Waals surface area contributed by atoms with Gasteiger partial charge in [-0.1, -0.05) is 32.9 Å². The number of rotatable bonds is 4. The number of sulfonamides is 1. The Balaban J connectivity index is 1.39. The monoisotopic (exact) mass is 475 g/mol. The Labute approximate surface area is 195 Å². The number of likely N-dealkylation sites (tertiary alicyclic amines) is 1. The second-order valence-electron chi connectivity index (χ2n) is 9.88. The lowest BCUT2D eigenvalue weighted by atomic mass is 9.87. The summed E-state index contributed by atoms with van der Waals surface area (Å²) in [4.78, 5) is 19.6. The summed E-state index contributed by atoms with van der Waals surface area (Å²) in [5.41, 5.74) is 1.65. The van der Waals surface area contributed by atoms with Crippen LogP contribution in [-0.2, 0) is 15.4 Å². The Bertz CT molecular complexity index is 1040. The SMILES string of the molecule is CC(C)(C)c1ccc(S(=O)(=O)N2CCC(c3nc(C(=O)N4CCCCC4)cs3)CC2)cc1. The fraction of sp³-hybridized carbons (Fsp3) is 0.583. The van der Waals surface area contributed by atoms with Crippen LogP contribution in [-0.4, -0.2) is 54.7 Å². The molecule has 2 aliphatic heterocycles. The van der Waals surface area contributed by atoms with Crippen molar-refractivity contribution < 1.29 is 13.2 Å². The maximum Gasteiger partial charge on any atom is 0.273 e. The molecule has 0 atom stereocenters. The van der Waals surface area contributed by atoms with Gasteiger partial charge in [-0.3, -0.25) is 4.79 Å². The Hall–Kier alpha value is -1.77. The molecule has 0 radical (unpaired) electrons. The van der Waals surface area contributed by atoms with Gasteiger partial charge in [-0.05, 0) is 55.2 Å². The topological polar surface area (TPSA) is 70.6 Å². The van der Waals surface area contributed by atoms with E-state index in [1.165, 1.54) is 17.8 Å². The number of hydrogen-bond donors (Lipinski definition) is 0. The van der Waals surface area contributed by atoms with E-state index in [1.807, 2.05) is 22.4 Å². The van der Waals surface area contributed by atoms with Crippen molar-refractivity contribution in [3.63, 3.8) is 0 Å². The van der Waals surface area contributed by atoms with Crippen molar-refractivity contribution in [3.8, 4) is 0 Å². The summed E-state index contributed by atoms with van der Waals surface area (Å²) >= 11 is 1.53. The molecule has 3 heterocycles. The molecular weight excluding hydrogens is 442 g/mol. The normalized spacial score (nSPS) is 19.3. The fourth-order valence-corrected chi connectivity index (χ4v) is 6.89. The summed E-state index contributed by atoms with van der Waals surface area (Å²) in [7, 11) is -3.50. The average Bonchev–Trinajstić information content (AvgIpc) is 3.29. The van der Waals surface area contributed by atoms with E-state index < -0.39 is 10.0 Å². The first kappa shape index (κ1) is 23.4. The van der Waals surface area contributed by atoms with Crippen LogP contribution in [0.4, 0.5) is 0 Å². The van der Waals surface area contributed by atoms with Crippen molar-refractivity contribution in [2.45, 2.75) is 69.1 Å². The highest BCUT2D eigenvalue weighted by atomic mass is 32.2. The number of carbonyl (C=O) groups is 1. The van der Waals surface area contributed by atoms with Crippen LogP contribution in [0.1, 0.15) is 79.9 Å². The lowest BCUT2D eigenvalue weighted by molar-refractivity contribution is 0.0719. The van der Waals surface area contributed by atoms with E-state index in [0.29, 0.717) is 23.7 Å². The first-order chi connectivity index (χ1) is 15.2. The van der Waals surface area contributed by atoms with Gasteiger partial charge in [0.2, 0.25) is 10.0 Å². The van der Waals surface area contributed by atoms with Crippen LogP contribution in [0.15, 0.2) is 34.5 Å². The predicted octanol–water partition coefficient (Wildman–Crippen LogP) is 4.64. The summed E-state index contributed by atoms with van der Waals surface area (Å²) < 4.78 is 27.8. The molecule has 8 heteroatoms. The number of aromatic nitrogens is 1. The average molecular weight is 476 g/mol. The molecule has 32 heavy (non-hydrogen) atoms. The number of piperidine rings is 2. The van der Waals surface area contributed by atoms with Crippen molar-refractivity contribution in [2.24, 2.45) is 0 Å². The predicted molar refractivity (Wildman–Crippen MR) is 128 cm³/mol. The van der Waals surface area contributed by atoms with Crippen molar-refractivity contribution in [1.82, 2.24) is 14.2 Å². The highest BCUT2D eigenvalue weighted by Crippen LogP contribution is 2.33. The number of nitrogens with zero attached hydrogens (tertiary/aromatic N) is 3. The van der Waals surface area contributed by atoms with E-state index in [0.717, 1.165) is 49.3 Å². The number of thiazole rings is 1. The molecular formula is C24H33N3O3S2. The maximum absolute atomic E-state index is 13.1. The summed E-state index contributed by atoms with van der Waals surface area (Å²) in [5.74, 6) is 0.239. The van der Waals surface area contributed by atoms with Crippen molar-refractivity contribution in [2.75, 3.05) is 26.2 Å². The lowest BCUT2D eigenvalue weighted by Gasteiger charge is -2.30. The fourth-order valence-electron chi connectivity index (χ4n) is 4.45. The summed E-state index contributed by atoms with van der Waals surface area (Å²) in [6, 6.07) is 7.27. The zero-order valence-corrected chi connectivity index (χ0v) is 20.8. The summed E-state index contributed by atoms with van der Waals surface area (Å²) in [6.07, 6.45) is 4.77. The molecule has 1 aromatic heterocycles. The van der Waals surface area contributed by atoms with Crippen LogP contribution in [0, 0.1) is 0 Å². The van der Waals surface area contributed by atoms with E-state index in [-0.39, 0.29) is 17.2 Å². The van der Waals surface area contributed by atoms with Crippen molar-refractivity contribution >= 4 is 27.3 Å². The molecule has 0 aliphatic carbocycles. The van der Waals surface area contributed by atoms with E-state index in [4.69, 9.17) is 0 Å². The van der Waals surface area contributed by atoms with Gasteiger partial charge in [0, 0.05) is 37.5 Å². The molecule has 0 spiro atoms. The van der Waals surface area contributed by atoms with Crippen molar-refractivity contribution in [3.05, 3.63) is 45.9 Å². The third kappa shape index (κ3) is 4.92. The van der Waals surface area contributed by atoms with Gasteiger partial charge < -0.3 is 4.90 Å². The minimum absolute atomic E-state index is 0.0113. The largest absolute Gasteiger partial charge is 0.337 e. The van der Waals surface area contributed by atoms with E-state index >= 15 is 0 Å². The zero-order valence-electron chi connectivity index (χ0n) is 19.2. The van der Waals surface area contributed by atoms with Crippen LogP contribution < -0.4 is 0 Å². The van der Waals surface area contributed by atoms with E-state index in [1.54, 1.807) is 16.4 Å². The summed E-state index contributed by atoms with van der Waals surface area (Å²) in [6.45, 7) is 8.94. The second kappa shape index (κ2) is 9.23. The minimum atomic E-state index is -3.50.